The van der Waals surface area contributed by atoms with E-state index in [4.69, 9.17) is 49.3 Å². The molecule has 0 N–H and O–H groups in total. The summed E-state index contributed by atoms with van der Waals surface area (Å²) in [6.07, 6.45) is 11.2. The van der Waals surface area contributed by atoms with Crippen LogP contribution in [0.2, 0.25) is 0 Å². The topological polar surface area (TPSA) is 129 Å². The molecule has 0 saturated heterocycles. The molecule has 15 aromatic rings. The number of oxazole rings is 1. The van der Waals surface area contributed by atoms with Crippen molar-refractivity contribution in [2.24, 2.45) is 0 Å². The van der Waals surface area contributed by atoms with E-state index in [1.807, 2.05) is 122 Å². The molecule has 0 fully saturated rings. The Hall–Kier alpha value is -10.5. The zero-order valence-corrected chi connectivity index (χ0v) is 39.8. The average Bonchev–Trinajstić information content (AvgIpc) is 3.95. The molecule has 0 saturated carbocycles. The van der Waals surface area contributed by atoms with E-state index < -0.39 is 0 Å². The summed E-state index contributed by atoms with van der Waals surface area (Å²) in [6, 6.07) is 64.2. The highest BCUT2D eigenvalue weighted by Crippen LogP contribution is 2.41. The van der Waals surface area contributed by atoms with Crippen LogP contribution in [0.3, 0.4) is 0 Å². The smallest absolute Gasteiger partial charge is 0.227 e. The third-order valence-corrected chi connectivity index (χ3v) is 14.0. The minimum atomic E-state index is 0.452. The lowest BCUT2D eigenvalue weighted by Gasteiger charge is -2.15. The molecule has 75 heavy (non-hydrogen) atoms. The van der Waals surface area contributed by atoms with Crippen molar-refractivity contribution in [2.45, 2.75) is 0 Å². The molecular formula is C65H37N9O. The standard InChI is InChI=1S/C65H37N9O/c1-5-17-53-38(11-1)23-47(34-68-53)57-30-44(31-58(72-57)48-24-39-12-2-6-18-54(39)69-35-48)42-27-43(29-46(28-42)65-74-63-51-15-9-21-66-61(51)62-52(64(63)75-65)16-10-22-67-62)45-32-59(49-25-40-13-3-7-19-55(40)70-36-49)73-60(33-45)50-26-41-14-4-8-20-56(41)71-37-50/h1-37H. The minimum absolute atomic E-state index is 0.452. The molecule has 6 aromatic carbocycles. The molecule has 348 valence electrons. The van der Waals surface area contributed by atoms with E-state index in [1.54, 1.807) is 12.4 Å². The van der Waals surface area contributed by atoms with Crippen LogP contribution in [0, 0.1) is 0 Å². The van der Waals surface area contributed by atoms with Crippen LogP contribution >= 0.6 is 0 Å². The summed E-state index contributed by atoms with van der Waals surface area (Å²) >= 11 is 0. The Morgan fingerprint density at radius 3 is 1.05 bits per heavy atom. The van der Waals surface area contributed by atoms with Crippen molar-refractivity contribution in [1.29, 1.82) is 0 Å². The van der Waals surface area contributed by atoms with Gasteiger partial charge in [0.05, 0.1) is 50.4 Å². The van der Waals surface area contributed by atoms with Crippen molar-refractivity contribution < 1.29 is 4.42 Å². The fraction of sp³-hybridized carbons (Fsp3) is 0. The van der Waals surface area contributed by atoms with E-state index in [1.165, 1.54) is 0 Å². The number of pyridine rings is 8. The minimum Gasteiger partial charge on any atom is -0.435 e. The van der Waals surface area contributed by atoms with Gasteiger partial charge in [-0.05, 0) is 138 Å². The fourth-order valence-electron chi connectivity index (χ4n) is 10.3. The quantitative estimate of drug-likeness (QED) is 0.142. The van der Waals surface area contributed by atoms with Crippen LogP contribution < -0.4 is 0 Å². The molecule has 9 aromatic heterocycles. The molecule has 0 radical (unpaired) electrons. The average molecular weight is 960 g/mol. The second-order valence-electron chi connectivity index (χ2n) is 18.7. The third kappa shape index (κ3) is 7.47. The van der Waals surface area contributed by atoms with Crippen LogP contribution in [-0.2, 0) is 0 Å². The molecule has 0 aliphatic heterocycles. The Balaban J connectivity index is 0.995. The van der Waals surface area contributed by atoms with Gasteiger partial charge in [-0.3, -0.25) is 29.9 Å². The number of benzene rings is 6. The van der Waals surface area contributed by atoms with Crippen LogP contribution in [0.1, 0.15) is 0 Å². The van der Waals surface area contributed by atoms with Crippen LogP contribution in [0.4, 0.5) is 0 Å². The van der Waals surface area contributed by atoms with E-state index in [0.717, 1.165) is 138 Å². The lowest BCUT2D eigenvalue weighted by molar-refractivity contribution is 0.623. The monoisotopic (exact) mass is 959 g/mol. The highest BCUT2D eigenvalue weighted by molar-refractivity contribution is 6.20. The fourth-order valence-corrected chi connectivity index (χ4v) is 10.3. The van der Waals surface area contributed by atoms with Crippen LogP contribution in [0.25, 0.3) is 155 Å². The van der Waals surface area contributed by atoms with Gasteiger partial charge in [-0.1, -0.05) is 72.8 Å². The van der Waals surface area contributed by atoms with Gasteiger partial charge in [0.15, 0.2) is 5.58 Å². The SMILES string of the molecule is c1ccc2ncc(-c3cc(-c4cc(-c5cc(-c6cnc7ccccc7c6)nc(-c6cnc7ccccc7c6)c5)cc(-c5nc6c7cccnc7c7ncccc7c6o5)c4)cc(-c4cnc5ccccc5c4)n3)cc2c1. The molecule has 0 amide bonds. The number of hydrogen-bond acceptors (Lipinski definition) is 10. The van der Waals surface area contributed by atoms with Crippen molar-refractivity contribution in [3.63, 3.8) is 0 Å². The molecule has 10 nitrogen and oxygen atoms in total. The Labute approximate surface area is 427 Å². The van der Waals surface area contributed by atoms with Gasteiger partial charge in [-0.25, -0.2) is 15.0 Å². The second-order valence-corrected chi connectivity index (χ2v) is 18.7. The van der Waals surface area contributed by atoms with Gasteiger partial charge in [0, 0.05) is 97.3 Å². The molecule has 0 spiro atoms. The molecule has 0 aliphatic rings. The number of rotatable bonds is 7. The zero-order chi connectivity index (χ0) is 49.4. The molecule has 0 atom stereocenters. The van der Waals surface area contributed by atoms with Crippen molar-refractivity contribution in [3.8, 4) is 78.7 Å². The Kier molecular flexibility index (Phi) is 9.64. The Morgan fingerprint density at radius 2 is 0.627 bits per heavy atom. The van der Waals surface area contributed by atoms with Crippen molar-refractivity contribution in [2.75, 3.05) is 0 Å². The summed E-state index contributed by atoms with van der Waals surface area (Å²) < 4.78 is 6.96. The lowest BCUT2D eigenvalue weighted by atomic mass is 9.93. The maximum absolute atomic E-state index is 6.96. The highest BCUT2D eigenvalue weighted by atomic mass is 16.3. The maximum atomic E-state index is 6.96. The van der Waals surface area contributed by atoms with E-state index in [0.29, 0.717) is 17.0 Å². The molecule has 0 bridgehead atoms. The largest absolute Gasteiger partial charge is 0.435 e. The van der Waals surface area contributed by atoms with E-state index in [2.05, 4.69) is 91.0 Å². The number of para-hydroxylation sites is 4. The number of fused-ring (bicyclic) bond motifs is 10. The van der Waals surface area contributed by atoms with Crippen molar-refractivity contribution in [3.05, 3.63) is 225 Å². The van der Waals surface area contributed by atoms with Gasteiger partial charge in [-0.15, -0.1) is 0 Å². The molecule has 10 heteroatoms. The van der Waals surface area contributed by atoms with Gasteiger partial charge in [-0.2, -0.15) is 0 Å². The van der Waals surface area contributed by atoms with Crippen LogP contribution in [0.15, 0.2) is 230 Å². The van der Waals surface area contributed by atoms with Gasteiger partial charge in [0.2, 0.25) is 5.89 Å². The third-order valence-electron chi connectivity index (χ3n) is 14.0. The lowest BCUT2D eigenvalue weighted by Crippen LogP contribution is -1.95. The van der Waals surface area contributed by atoms with Crippen LogP contribution in [0.5, 0.6) is 0 Å². The number of aromatic nitrogens is 9. The second kappa shape index (κ2) is 17.1. The van der Waals surface area contributed by atoms with Gasteiger partial charge in [0.25, 0.3) is 0 Å². The normalized spacial score (nSPS) is 11.7. The summed E-state index contributed by atoms with van der Waals surface area (Å²) in [5, 5.41) is 5.78. The van der Waals surface area contributed by atoms with Gasteiger partial charge < -0.3 is 4.42 Å². The Bertz CT molecular complexity index is 4330. The molecule has 9 heterocycles. The summed E-state index contributed by atoms with van der Waals surface area (Å²) in [4.78, 5) is 45.1. The highest BCUT2D eigenvalue weighted by Gasteiger charge is 2.21. The van der Waals surface area contributed by atoms with E-state index >= 15 is 0 Å². The van der Waals surface area contributed by atoms with Gasteiger partial charge in [0.1, 0.15) is 11.0 Å². The predicted octanol–water partition coefficient (Wildman–Crippen LogP) is 15.6. The summed E-state index contributed by atoms with van der Waals surface area (Å²) in [5.74, 6) is 0.452. The van der Waals surface area contributed by atoms with E-state index in [9.17, 15) is 0 Å². The van der Waals surface area contributed by atoms with Crippen LogP contribution in [-0.4, -0.2) is 44.9 Å². The van der Waals surface area contributed by atoms with Crippen molar-refractivity contribution >= 4 is 76.5 Å². The Morgan fingerprint density at radius 1 is 0.267 bits per heavy atom. The summed E-state index contributed by atoms with van der Waals surface area (Å²) in [6.45, 7) is 0. The first-order chi connectivity index (χ1) is 37.1. The predicted molar refractivity (Wildman–Crippen MR) is 299 cm³/mol. The van der Waals surface area contributed by atoms with Crippen molar-refractivity contribution in [1.82, 2.24) is 44.9 Å². The summed E-state index contributed by atoms with van der Waals surface area (Å²) in [7, 11) is 0. The number of hydrogen-bond donors (Lipinski definition) is 0. The molecule has 15 rings (SSSR count). The maximum Gasteiger partial charge on any atom is 0.227 e. The van der Waals surface area contributed by atoms with E-state index in [-0.39, 0.29) is 0 Å². The molecule has 0 aliphatic carbocycles. The number of nitrogens with zero attached hydrogens (tertiary/aromatic N) is 9. The zero-order valence-electron chi connectivity index (χ0n) is 39.8. The summed E-state index contributed by atoms with van der Waals surface area (Å²) in [5.41, 5.74) is 17.6. The first-order valence-corrected chi connectivity index (χ1v) is 24.6. The molecular weight excluding hydrogens is 923 g/mol. The first-order valence-electron chi connectivity index (χ1n) is 24.6. The first kappa shape index (κ1) is 42.3. The molecule has 0 unspecified atom stereocenters. The van der Waals surface area contributed by atoms with Gasteiger partial charge >= 0.3 is 0 Å².